The Morgan fingerprint density at radius 1 is 0.429 bits per heavy atom. The van der Waals surface area contributed by atoms with Crippen LogP contribution in [0.5, 0.6) is 0 Å². The van der Waals surface area contributed by atoms with Crippen molar-refractivity contribution in [3.63, 3.8) is 0 Å². The van der Waals surface area contributed by atoms with Crippen molar-refractivity contribution in [2.75, 3.05) is 0 Å². The SMILES string of the molecule is [K+].[Li+].[O]=[GeH][O-].[O]=[GeH][O-].[O]=[GeH][O-].[O]=[GeH][O-].[O]=[GeH][O-].[O]=[GeH][O-].[Ti+4]. The second kappa shape index (κ2) is 129. The normalized spacial score (nSPS) is 3.43. The minimum atomic E-state index is -2.19. The van der Waals surface area contributed by atoms with Crippen LogP contribution in [-0.4, -0.2) is 94.2 Å². The van der Waals surface area contributed by atoms with Crippen molar-refractivity contribution in [3.8, 4) is 0 Å². The zero-order valence-corrected chi connectivity index (χ0v) is 30.1. The van der Waals surface area contributed by atoms with Crippen molar-refractivity contribution in [2.45, 2.75) is 0 Å². The fourth-order valence-electron chi connectivity index (χ4n) is 0. The van der Waals surface area contributed by atoms with Crippen LogP contribution in [-0.2, 0) is 44.4 Å². The first-order valence-corrected chi connectivity index (χ1v) is 14.7. The minimum Gasteiger partial charge on any atom is 4.00 e. The molecule has 12 nitrogen and oxygen atoms in total. The number of rotatable bonds is 0. The molecule has 21 heteroatoms. The molecule has 0 rings (SSSR count). The summed E-state index contributed by atoms with van der Waals surface area (Å²) in [5.41, 5.74) is 0. The van der Waals surface area contributed by atoms with Gasteiger partial charge in [-0.1, -0.05) is 0 Å². The van der Waals surface area contributed by atoms with Crippen LogP contribution in [0.15, 0.2) is 0 Å². The van der Waals surface area contributed by atoms with E-state index in [1.54, 1.807) is 0 Å². The quantitative estimate of drug-likeness (QED) is 0.211. The Bertz CT molecular complexity index is 125. The van der Waals surface area contributed by atoms with E-state index >= 15 is 0 Å². The smallest absolute Gasteiger partial charge is 4.00 e. The first-order chi connectivity index (χ1) is 8.49. The first kappa shape index (κ1) is 56.3. The van der Waals surface area contributed by atoms with Gasteiger partial charge in [0.1, 0.15) is 0 Å². The van der Waals surface area contributed by atoms with Crippen LogP contribution in [0.25, 0.3) is 0 Å². The summed E-state index contributed by atoms with van der Waals surface area (Å²) in [5, 5.41) is 0. The zero-order valence-electron chi connectivity index (χ0n) is 10.9. The van der Waals surface area contributed by atoms with E-state index in [4.69, 9.17) is 47.5 Å². The molecule has 0 aromatic carbocycles. The molecule has 0 aromatic heterocycles. The predicted molar refractivity (Wildman–Crippen MR) is 47.0 cm³/mol. The predicted octanol–water partition coefficient (Wildman–Crippen LogP) is -17.7. The third-order valence-corrected chi connectivity index (χ3v) is 0. The van der Waals surface area contributed by atoms with Gasteiger partial charge in [0.25, 0.3) is 0 Å². The molecule has 0 radical (unpaired) electrons. The molecule has 0 heterocycles. The summed E-state index contributed by atoms with van der Waals surface area (Å²) in [4.78, 5) is 0. The van der Waals surface area contributed by atoms with Gasteiger partial charge >= 0.3 is 234 Å². The average Bonchev–Trinajstić information content (AvgIpc) is 2.23. The van der Waals surface area contributed by atoms with Crippen LogP contribution in [0.1, 0.15) is 0 Å². The van der Waals surface area contributed by atoms with Crippen molar-refractivity contribution in [1.29, 1.82) is 0 Å². The second-order valence-corrected chi connectivity index (χ2v) is 3.00. The van der Waals surface area contributed by atoms with Crippen molar-refractivity contribution in [3.05, 3.63) is 0 Å². The van der Waals surface area contributed by atoms with Gasteiger partial charge in [-0.05, 0) is 0 Å². The molecular formula is H6Ge6KLiO12Ti. The van der Waals surface area contributed by atoms with E-state index in [0.29, 0.717) is 0 Å². The van der Waals surface area contributed by atoms with E-state index in [1.807, 2.05) is 0 Å². The van der Waals surface area contributed by atoms with Gasteiger partial charge in [0.2, 0.25) is 0 Å². The van der Waals surface area contributed by atoms with Crippen LogP contribution in [0.3, 0.4) is 0 Å². The molecule has 0 saturated heterocycles. The summed E-state index contributed by atoms with van der Waals surface area (Å²) >= 11 is -13.1. The Morgan fingerprint density at radius 2 is 0.429 bits per heavy atom. The summed E-state index contributed by atoms with van der Waals surface area (Å²) in [6.45, 7) is 0. The molecule has 0 spiro atoms. The van der Waals surface area contributed by atoms with E-state index in [1.165, 1.54) is 0 Å². The van der Waals surface area contributed by atoms with Crippen molar-refractivity contribution in [1.82, 2.24) is 0 Å². The summed E-state index contributed by atoms with van der Waals surface area (Å²) in [7, 11) is 0. The Labute approximate surface area is 228 Å². The number of hydrogen-bond donors (Lipinski definition) is 0. The molecule has 0 atom stereocenters. The van der Waals surface area contributed by atoms with Gasteiger partial charge in [-0.2, -0.15) is 0 Å². The van der Waals surface area contributed by atoms with Gasteiger partial charge in [-0.15, -0.1) is 0 Å². The number of hydrogen-bond acceptors (Lipinski definition) is 12. The maximum atomic E-state index is 8.53. The van der Waals surface area contributed by atoms with Crippen LogP contribution in [0, 0.1) is 0 Å². The molecule has 21 heavy (non-hydrogen) atoms. The molecule has 108 valence electrons. The van der Waals surface area contributed by atoms with Gasteiger partial charge in [0.05, 0.1) is 0 Å². The topological polar surface area (TPSA) is 241 Å². The van der Waals surface area contributed by atoms with E-state index < -0.39 is 94.2 Å². The molecule has 0 amide bonds. The van der Waals surface area contributed by atoms with Gasteiger partial charge in [0, 0.05) is 0 Å². The third kappa shape index (κ3) is 782. The van der Waals surface area contributed by atoms with Gasteiger partial charge < -0.3 is 0 Å². The maximum Gasteiger partial charge on any atom is 4.00 e. The molecule has 0 aliphatic heterocycles. The molecule has 0 aromatic rings. The molecule has 0 saturated carbocycles. The van der Waals surface area contributed by atoms with Gasteiger partial charge in [-0.25, -0.2) is 0 Å². The molecule has 0 bridgehead atoms. The Balaban J connectivity index is -0.0000000114. The third-order valence-electron chi connectivity index (χ3n) is 0. The van der Waals surface area contributed by atoms with Gasteiger partial charge in [-0.3, -0.25) is 0 Å². The van der Waals surface area contributed by atoms with E-state index in [2.05, 4.69) is 0 Å². The maximum absolute atomic E-state index is 8.53. The summed E-state index contributed by atoms with van der Waals surface area (Å²) in [6.07, 6.45) is 0. The Morgan fingerprint density at radius 3 is 0.429 bits per heavy atom. The summed E-state index contributed by atoms with van der Waals surface area (Å²) in [6, 6.07) is 0. The second-order valence-electron chi connectivity index (χ2n) is 0.577. The van der Waals surface area contributed by atoms with Crippen LogP contribution < -0.4 is 95.0 Å². The molecule has 0 unspecified atom stereocenters. The van der Waals surface area contributed by atoms with E-state index in [-0.39, 0.29) is 92.0 Å². The molecular weight excluding hydrogens is 722 g/mol. The van der Waals surface area contributed by atoms with Crippen molar-refractivity contribution >= 4 is 94.2 Å². The van der Waals surface area contributed by atoms with E-state index in [0.717, 1.165) is 0 Å². The first-order valence-electron chi connectivity index (χ1n) is 2.83. The summed E-state index contributed by atoms with van der Waals surface area (Å²) < 4.78 is 102. The van der Waals surface area contributed by atoms with E-state index in [9.17, 15) is 0 Å². The standard InChI is InChI=1S/6GeHO2.K.Li.Ti/c6*2-1-3;;;/h6*1H;;;/q6*-1;2*+1;+4. The Hall–Kier alpha value is 3.81. The van der Waals surface area contributed by atoms with Crippen LogP contribution >= 0.6 is 0 Å². The largest absolute Gasteiger partial charge is 4.00 e. The molecule has 0 aliphatic rings. The monoisotopic (exact) mass is 735 g/mol. The minimum absolute atomic E-state index is 0. The summed E-state index contributed by atoms with van der Waals surface area (Å²) in [5.74, 6) is 0. The van der Waals surface area contributed by atoms with Crippen molar-refractivity contribution in [2.24, 2.45) is 0 Å². The fourth-order valence-corrected chi connectivity index (χ4v) is 0. The van der Waals surface area contributed by atoms with Crippen LogP contribution in [0.2, 0.25) is 0 Å². The van der Waals surface area contributed by atoms with Gasteiger partial charge in [0.15, 0.2) is 0 Å². The van der Waals surface area contributed by atoms with Crippen LogP contribution in [0.4, 0.5) is 0 Å². The molecule has 0 fully saturated rings. The Kier molecular flexibility index (Phi) is 345. The molecule has 0 aliphatic carbocycles. The van der Waals surface area contributed by atoms with Crippen molar-refractivity contribution < 1.29 is 139 Å². The zero-order chi connectivity index (χ0) is 16.2. The molecule has 0 N–H and O–H groups in total. The fraction of sp³-hybridized carbons (Fsp3) is 0. The average molecular weight is 728 g/mol.